The summed E-state index contributed by atoms with van der Waals surface area (Å²) in [5.41, 5.74) is 4.43. The molecule has 0 fully saturated rings. The van der Waals surface area contributed by atoms with E-state index < -0.39 is 6.04 Å². The maximum atomic E-state index is 13.6. The fourth-order valence-corrected chi connectivity index (χ4v) is 4.86. The number of hydrogen-bond donors (Lipinski definition) is 1. The number of nitrogens with one attached hydrogen (secondary N) is 1. The third-order valence-corrected chi connectivity index (χ3v) is 7.22. The van der Waals surface area contributed by atoms with Crippen molar-refractivity contribution in [2.75, 3.05) is 12.3 Å². The van der Waals surface area contributed by atoms with E-state index in [4.69, 9.17) is 0 Å². The molecular weight excluding hydrogens is 520 g/mol. The summed E-state index contributed by atoms with van der Waals surface area (Å²) >= 11 is 5.06. The maximum absolute atomic E-state index is 13.6. The van der Waals surface area contributed by atoms with Gasteiger partial charge in [-0.15, -0.1) is 11.8 Å². The summed E-state index contributed by atoms with van der Waals surface area (Å²) in [6, 6.07) is 25.6. The topological polar surface area (TPSA) is 49.4 Å². The molecule has 0 saturated heterocycles. The van der Waals surface area contributed by atoms with Crippen LogP contribution >= 0.6 is 27.7 Å². The number of aryl methyl sites for hydroxylation is 1. The van der Waals surface area contributed by atoms with Crippen LogP contribution in [0.25, 0.3) is 0 Å². The highest BCUT2D eigenvalue weighted by Gasteiger charge is 2.30. The first-order chi connectivity index (χ1) is 17.0. The van der Waals surface area contributed by atoms with Crippen molar-refractivity contribution in [2.45, 2.75) is 45.0 Å². The quantitative estimate of drug-likeness (QED) is 0.293. The van der Waals surface area contributed by atoms with Gasteiger partial charge in [0.15, 0.2) is 0 Å². The van der Waals surface area contributed by atoms with Crippen molar-refractivity contribution >= 4 is 39.5 Å². The van der Waals surface area contributed by atoms with Gasteiger partial charge in [-0.3, -0.25) is 9.59 Å². The number of carbonyl (C=O) groups excluding carboxylic acids is 2. The van der Waals surface area contributed by atoms with Gasteiger partial charge in [0.1, 0.15) is 6.04 Å². The average molecular weight is 554 g/mol. The van der Waals surface area contributed by atoms with Crippen LogP contribution in [0.3, 0.4) is 0 Å². The fraction of sp³-hybridized carbons (Fsp3) is 0.310. The largest absolute Gasteiger partial charge is 0.354 e. The van der Waals surface area contributed by atoms with E-state index in [9.17, 15) is 9.59 Å². The Morgan fingerprint density at radius 2 is 1.57 bits per heavy atom. The summed E-state index contributed by atoms with van der Waals surface area (Å²) in [5.74, 6) is 0.933. The van der Waals surface area contributed by atoms with Gasteiger partial charge in [0.05, 0.1) is 5.75 Å². The number of rotatable bonds is 12. The lowest BCUT2D eigenvalue weighted by molar-refractivity contribution is -0.139. The predicted octanol–water partition coefficient (Wildman–Crippen LogP) is 6.16. The van der Waals surface area contributed by atoms with Crippen molar-refractivity contribution in [1.29, 1.82) is 0 Å². The maximum Gasteiger partial charge on any atom is 0.243 e. The molecular formula is C29H33BrN2O2S. The highest BCUT2D eigenvalue weighted by atomic mass is 79.9. The first-order valence-corrected chi connectivity index (χ1v) is 13.9. The Hall–Kier alpha value is -2.57. The second-order valence-electron chi connectivity index (χ2n) is 8.62. The van der Waals surface area contributed by atoms with Crippen molar-refractivity contribution < 1.29 is 9.59 Å². The van der Waals surface area contributed by atoms with E-state index in [1.807, 2.05) is 61.5 Å². The lowest BCUT2D eigenvalue weighted by atomic mass is 10.0. The second-order valence-corrected chi connectivity index (χ2v) is 10.5. The van der Waals surface area contributed by atoms with Crippen LogP contribution in [0.1, 0.15) is 35.6 Å². The minimum Gasteiger partial charge on any atom is -0.354 e. The Balaban J connectivity index is 1.81. The molecule has 1 atom stereocenters. The van der Waals surface area contributed by atoms with Crippen LogP contribution in [0.15, 0.2) is 83.3 Å². The summed E-state index contributed by atoms with van der Waals surface area (Å²) < 4.78 is 0.981. The highest BCUT2D eigenvalue weighted by Crippen LogP contribution is 2.20. The molecule has 0 aromatic heterocycles. The van der Waals surface area contributed by atoms with Crippen LogP contribution in [0.4, 0.5) is 0 Å². The molecule has 3 aromatic rings. The summed E-state index contributed by atoms with van der Waals surface area (Å²) in [6.45, 7) is 5.07. The molecule has 4 nitrogen and oxygen atoms in total. The third-order valence-electron chi connectivity index (χ3n) is 5.70. The van der Waals surface area contributed by atoms with Gasteiger partial charge in [-0.05, 0) is 42.2 Å². The third kappa shape index (κ3) is 8.86. The summed E-state index contributed by atoms with van der Waals surface area (Å²) in [6.07, 6.45) is 1.32. The monoisotopic (exact) mass is 552 g/mol. The van der Waals surface area contributed by atoms with E-state index in [1.54, 1.807) is 16.7 Å². The number of nitrogens with zero attached hydrogens (tertiary/aromatic N) is 1. The van der Waals surface area contributed by atoms with Gasteiger partial charge in [-0.1, -0.05) is 95.1 Å². The van der Waals surface area contributed by atoms with Crippen molar-refractivity contribution in [2.24, 2.45) is 0 Å². The van der Waals surface area contributed by atoms with Crippen LogP contribution in [-0.4, -0.2) is 35.1 Å². The van der Waals surface area contributed by atoms with E-state index in [2.05, 4.69) is 52.4 Å². The van der Waals surface area contributed by atoms with Gasteiger partial charge in [-0.2, -0.15) is 0 Å². The van der Waals surface area contributed by atoms with E-state index >= 15 is 0 Å². The summed E-state index contributed by atoms with van der Waals surface area (Å²) in [4.78, 5) is 28.6. The standard InChI is InChI=1S/C29H33BrN2O2S/c1-3-17-31-29(34)27(18-23-7-5-4-6-8-23)32(19-24-13-15-26(30)16-14-24)28(33)21-35-20-25-11-9-22(2)10-12-25/h4-16,27H,3,17-21H2,1-2H3,(H,31,34)/t27-/m1/s1. The molecule has 0 aliphatic rings. The number of thioether (sulfide) groups is 1. The van der Waals surface area contributed by atoms with Gasteiger partial charge in [0.2, 0.25) is 11.8 Å². The Kier molecular flexibility index (Phi) is 10.9. The second kappa shape index (κ2) is 14.1. The van der Waals surface area contributed by atoms with Crippen LogP contribution in [-0.2, 0) is 28.3 Å². The Morgan fingerprint density at radius 1 is 0.914 bits per heavy atom. The fourth-order valence-electron chi connectivity index (χ4n) is 3.73. The number of halogens is 1. The number of benzene rings is 3. The van der Waals surface area contributed by atoms with Crippen molar-refractivity contribution in [1.82, 2.24) is 10.2 Å². The van der Waals surface area contributed by atoms with Crippen molar-refractivity contribution in [3.05, 3.63) is 106 Å². The molecule has 0 bridgehead atoms. The summed E-state index contributed by atoms with van der Waals surface area (Å²) in [5, 5.41) is 3.02. The van der Waals surface area contributed by atoms with E-state index in [0.29, 0.717) is 25.3 Å². The molecule has 0 spiro atoms. The molecule has 0 aliphatic heterocycles. The molecule has 3 aromatic carbocycles. The Labute approximate surface area is 221 Å². The smallest absolute Gasteiger partial charge is 0.243 e. The molecule has 0 radical (unpaired) electrons. The lowest BCUT2D eigenvalue weighted by Gasteiger charge is -2.31. The molecule has 0 saturated carbocycles. The molecule has 184 valence electrons. The lowest BCUT2D eigenvalue weighted by Crippen LogP contribution is -2.51. The van der Waals surface area contributed by atoms with E-state index in [1.165, 1.54) is 11.1 Å². The first-order valence-electron chi connectivity index (χ1n) is 11.9. The Bertz CT molecular complexity index is 1070. The minimum atomic E-state index is -0.583. The van der Waals surface area contributed by atoms with Crippen LogP contribution in [0, 0.1) is 6.92 Å². The van der Waals surface area contributed by atoms with Crippen LogP contribution < -0.4 is 5.32 Å². The van der Waals surface area contributed by atoms with E-state index in [-0.39, 0.29) is 11.8 Å². The molecule has 0 heterocycles. The molecule has 0 aliphatic carbocycles. The number of carbonyl (C=O) groups is 2. The zero-order valence-corrected chi connectivity index (χ0v) is 22.8. The van der Waals surface area contributed by atoms with Gasteiger partial charge >= 0.3 is 0 Å². The molecule has 2 amide bonds. The summed E-state index contributed by atoms with van der Waals surface area (Å²) in [7, 11) is 0. The number of hydrogen-bond acceptors (Lipinski definition) is 3. The highest BCUT2D eigenvalue weighted by molar-refractivity contribution is 9.10. The molecule has 1 N–H and O–H groups in total. The van der Waals surface area contributed by atoms with Gasteiger partial charge in [0.25, 0.3) is 0 Å². The molecule has 0 unspecified atom stereocenters. The van der Waals surface area contributed by atoms with Crippen molar-refractivity contribution in [3.8, 4) is 0 Å². The molecule has 3 rings (SSSR count). The van der Waals surface area contributed by atoms with Crippen LogP contribution in [0.5, 0.6) is 0 Å². The first kappa shape index (κ1) is 27.0. The average Bonchev–Trinajstić information content (AvgIpc) is 2.87. The molecule has 35 heavy (non-hydrogen) atoms. The number of amides is 2. The predicted molar refractivity (Wildman–Crippen MR) is 149 cm³/mol. The van der Waals surface area contributed by atoms with E-state index in [0.717, 1.165) is 27.8 Å². The SMILES string of the molecule is CCCNC(=O)[C@@H](Cc1ccccc1)N(Cc1ccc(Br)cc1)C(=O)CSCc1ccc(C)cc1. The van der Waals surface area contributed by atoms with Gasteiger partial charge in [0, 0.05) is 29.7 Å². The van der Waals surface area contributed by atoms with Crippen LogP contribution in [0.2, 0.25) is 0 Å². The normalized spacial score (nSPS) is 11.6. The molecule has 6 heteroatoms. The van der Waals surface area contributed by atoms with Gasteiger partial charge in [-0.25, -0.2) is 0 Å². The zero-order chi connectivity index (χ0) is 25.0. The van der Waals surface area contributed by atoms with Crippen molar-refractivity contribution in [3.63, 3.8) is 0 Å². The zero-order valence-electron chi connectivity index (χ0n) is 20.4. The van der Waals surface area contributed by atoms with Gasteiger partial charge < -0.3 is 10.2 Å². The Morgan fingerprint density at radius 3 is 2.23 bits per heavy atom. The minimum absolute atomic E-state index is 0.0300.